The number of thiophene rings is 1. The molecule has 5 rings (SSSR count). The van der Waals surface area contributed by atoms with Crippen molar-refractivity contribution < 1.29 is 18.3 Å². The van der Waals surface area contributed by atoms with Crippen molar-refractivity contribution in [1.29, 1.82) is 0 Å². The normalized spacial score (nSPS) is 15.0. The number of hydrogen-bond acceptors (Lipinski definition) is 6. The lowest BCUT2D eigenvalue weighted by Gasteiger charge is -2.29. The molecule has 1 saturated heterocycles. The van der Waals surface area contributed by atoms with Gasteiger partial charge in [-0.1, -0.05) is 41.1 Å². The number of hydrogen-bond donors (Lipinski definition) is 0. The number of aromatic nitrogens is 1. The molecule has 2 aromatic heterocycles. The standard InChI is InChI=1S/C22H18ClF2N3O2S2/c23-18-14-3-1-2-4-16(14)31-20(18)21(29)28(6-5-27-7-9-30-10-8-27)22-26-19-15(25)11-13(24)12-17(19)32-22/h1-4,11-12H,5-10H2. The maximum atomic E-state index is 14.3. The molecule has 0 spiro atoms. The van der Waals surface area contributed by atoms with Gasteiger partial charge >= 0.3 is 0 Å². The van der Waals surface area contributed by atoms with Crippen molar-refractivity contribution in [3.8, 4) is 0 Å². The van der Waals surface area contributed by atoms with Gasteiger partial charge in [-0.05, 0) is 12.1 Å². The van der Waals surface area contributed by atoms with Gasteiger partial charge in [0.05, 0.1) is 22.9 Å². The second-order valence-corrected chi connectivity index (χ2v) is 9.82. The third-order valence-corrected chi connectivity index (χ3v) is 8.04. The number of thiazole rings is 1. The van der Waals surface area contributed by atoms with Crippen LogP contribution in [0.1, 0.15) is 9.67 Å². The summed E-state index contributed by atoms with van der Waals surface area (Å²) in [6.07, 6.45) is 0. The van der Waals surface area contributed by atoms with E-state index in [1.807, 2.05) is 24.3 Å². The molecule has 0 saturated carbocycles. The number of morpholine rings is 1. The summed E-state index contributed by atoms with van der Waals surface area (Å²) in [5.41, 5.74) is 0.0537. The van der Waals surface area contributed by atoms with Crippen LogP contribution in [0.4, 0.5) is 13.9 Å². The van der Waals surface area contributed by atoms with E-state index < -0.39 is 11.6 Å². The number of fused-ring (bicyclic) bond motifs is 2. The van der Waals surface area contributed by atoms with Gasteiger partial charge in [0.15, 0.2) is 10.9 Å². The lowest BCUT2D eigenvalue weighted by atomic mass is 10.2. The molecule has 0 unspecified atom stereocenters. The van der Waals surface area contributed by atoms with E-state index in [4.69, 9.17) is 16.3 Å². The molecule has 10 heteroatoms. The molecule has 166 valence electrons. The van der Waals surface area contributed by atoms with Gasteiger partial charge in [-0.25, -0.2) is 13.8 Å². The van der Waals surface area contributed by atoms with Crippen LogP contribution < -0.4 is 4.90 Å². The topological polar surface area (TPSA) is 45.7 Å². The molecular weight excluding hydrogens is 476 g/mol. The van der Waals surface area contributed by atoms with Crippen LogP contribution in [0.5, 0.6) is 0 Å². The first-order valence-corrected chi connectivity index (χ1v) is 12.1. The predicted molar refractivity (Wildman–Crippen MR) is 125 cm³/mol. The highest BCUT2D eigenvalue weighted by Gasteiger charge is 2.27. The predicted octanol–water partition coefficient (Wildman–Crippen LogP) is 5.42. The molecule has 0 radical (unpaired) electrons. The highest BCUT2D eigenvalue weighted by atomic mass is 35.5. The molecule has 3 heterocycles. The summed E-state index contributed by atoms with van der Waals surface area (Å²) < 4.78 is 34.7. The first-order valence-electron chi connectivity index (χ1n) is 10.1. The van der Waals surface area contributed by atoms with E-state index in [9.17, 15) is 13.6 Å². The molecular formula is C22H18ClF2N3O2S2. The minimum Gasteiger partial charge on any atom is -0.379 e. The number of amides is 1. The zero-order valence-electron chi connectivity index (χ0n) is 16.8. The molecule has 0 bridgehead atoms. The highest BCUT2D eigenvalue weighted by Crippen LogP contribution is 2.38. The minimum atomic E-state index is -0.747. The van der Waals surface area contributed by atoms with Gasteiger partial charge in [-0.2, -0.15) is 0 Å². The molecule has 1 fully saturated rings. The van der Waals surface area contributed by atoms with Gasteiger partial charge in [-0.15, -0.1) is 11.3 Å². The van der Waals surface area contributed by atoms with Crippen LogP contribution in [0.2, 0.25) is 5.02 Å². The Balaban J connectivity index is 1.53. The summed E-state index contributed by atoms with van der Waals surface area (Å²) in [5.74, 6) is -1.73. The molecule has 0 N–H and O–H groups in total. The number of nitrogens with zero attached hydrogens (tertiary/aromatic N) is 3. The molecule has 0 aliphatic carbocycles. The average molecular weight is 494 g/mol. The number of carbonyl (C=O) groups is 1. The van der Waals surface area contributed by atoms with Gasteiger partial charge in [0.1, 0.15) is 16.2 Å². The summed E-state index contributed by atoms with van der Waals surface area (Å²) >= 11 is 8.97. The van der Waals surface area contributed by atoms with E-state index in [2.05, 4.69) is 9.88 Å². The van der Waals surface area contributed by atoms with Crippen molar-refractivity contribution in [3.05, 3.63) is 57.9 Å². The number of ether oxygens (including phenoxy) is 1. The zero-order valence-corrected chi connectivity index (χ0v) is 19.2. The fourth-order valence-corrected chi connectivity index (χ4v) is 6.18. The van der Waals surface area contributed by atoms with Gasteiger partial charge < -0.3 is 4.74 Å². The fraction of sp³-hybridized carbons (Fsp3) is 0.273. The minimum absolute atomic E-state index is 0.0537. The van der Waals surface area contributed by atoms with Gasteiger partial charge in [0.25, 0.3) is 5.91 Å². The molecule has 1 aliphatic heterocycles. The molecule has 2 aromatic carbocycles. The van der Waals surface area contributed by atoms with Crippen LogP contribution in [0.3, 0.4) is 0 Å². The largest absolute Gasteiger partial charge is 0.379 e. The lowest BCUT2D eigenvalue weighted by Crippen LogP contribution is -2.43. The number of rotatable bonds is 5. The van der Waals surface area contributed by atoms with E-state index in [1.165, 1.54) is 22.3 Å². The van der Waals surface area contributed by atoms with E-state index >= 15 is 0 Å². The third kappa shape index (κ3) is 4.11. The molecule has 5 nitrogen and oxygen atoms in total. The Bertz CT molecular complexity index is 1300. The number of halogens is 3. The number of benzene rings is 2. The Kier molecular flexibility index (Phi) is 6.09. The van der Waals surface area contributed by atoms with E-state index in [0.29, 0.717) is 46.0 Å². The van der Waals surface area contributed by atoms with Crippen molar-refractivity contribution in [1.82, 2.24) is 9.88 Å². The first kappa shape index (κ1) is 21.7. The van der Waals surface area contributed by atoms with Crippen LogP contribution in [0.15, 0.2) is 36.4 Å². The summed E-state index contributed by atoms with van der Waals surface area (Å²) in [4.78, 5) is 22.1. The van der Waals surface area contributed by atoms with Crippen molar-refractivity contribution in [2.24, 2.45) is 0 Å². The molecule has 1 aliphatic rings. The van der Waals surface area contributed by atoms with Crippen LogP contribution in [-0.4, -0.2) is 55.2 Å². The monoisotopic (exact) mass is 493 g/mol. The Morgan fingerprint density at radius 1 is 1.16 bits per heavy atom. The molecule has 32 heavy (non-hydrogen) atoms. The SMILES string of the molecule is O=C(c1sc2ccccc2c1Cl)N(CCN1CCOCC1)c1nc2c(F)cc(F)cc2s1. The Morgan fingerprint density at radius 3 is 2.72 bits per heavy atom. The van der Waals surface area contributed by atoms with Crippen LogP contribution in [-0.2, 0) is 4.74 Å². The van der Waals surface area contributed by atoms with Gasteiger partial charge in [0, 0.05) is 42.3 Å². The smallest absolute Gasteiger partial charge is 0.271 e. The Hall–Kier alpha value is -2.17. The molecule has 0 atom stereocenters. The second-order valence-electron chi connectivity index (χ2n) is 7.38. The maximum Gasteiger partial charge on any atom is 0.271 e. The van der Waals surface area contributed by atoms with E-state index in [-0.39, 0.29) is 11.4 Å². The van der Waals surface area contributed by atoms with Crippen LogP contribution in [0.25, 0.3) is 20.3 Å². The van der Waals surface area contributed by atoms with E-state index in [0.717, 1.165) is 40.6 Å². The number of anilines is 1. The summed E-state index contributed by atoms with van der Waals surface area (Å²) in [6, 6.07) is 9.58. The van der Waals surface area contributed by atoms with Gasteiger partial charge in [-0.3, -0.25) is 14.6 Å². The number of carbonyl (C=O) groups excluding carboxylic acids is 1. The zero-order chi connectivity index (χ0) is 22.2. The summed E-state index contributed by atoms with van der Waals surface area (Å²) in [6.45, 7) is 3.76. The highest BCUT2D eigenvalue weighted by molar-refractivity contribution is 7.23. The average Bonchev–Trinajstić information content (AvgIpc) is 3.36. The molecule has 4 aromatic rings. The second kappa shape index (κ2) is 8.99. The Morgan fingerprint density at radius 2 is 1.94 bits per heavy atom. The quantitative estimate of drug-likeness (QED) is 0.372. The Labute approximate surface area is 195 Å². The van der Waals surface area contributed by atoms with Crippen molar-refractivity contribution >= 4 is 65.6 Å². The van der Waals surface area contributed by atoms with Crippen molar-refractivity contribution in [3.63, 3.8) is 0 Å². The lowest BCUT2D eigenvalue weighted by molar-refractivity contribution is 0.0391. The van der Waals surface area contributed by atoms with Crippen LogP contribution >= 0.6 is 34.3 Å². The van der Waals surface area contributed by atoms with Crippen molar-refractivity contribution in [2.45, 2.75) is 0 Å². The fourth-order valence-electron chi connectivity index (χ4n) is 3.69. The summed E-state index contributed by atoms with van der Waals surface area (Å²) in [5, 5.41) is 1.52. The van der Waals surface area contributed by atoms with E-state index in [1.54, 1.807) is 0 Å². The maximum absolute atomic E-state index is 14.3. The third-order valence-electron chi connectivity index (χ3n) is 5.35. The van der Waals surface area contributed by atoms with Crippen molar-refractivity contribution in [2.75, 3.05) is 44.3 Å². The first-order chi connectivity index (χ1) is 15.5. The summed E-state index contributed by atoms with van der Waals surface area (Å²) in [7, 11) is 0. The van der Waals surface area contributed by atoms with Crippen LogP contribution in [0, 0.1) is 11.6 Å². The molecule has 1 amide bonds. The van der Waals surface area contributed by atoms with Gasteiger partial charge in [0.2, 0.25) is 0 Å².